The highest BCUT2D eigenvalue weighted by Gasteiger charge is 2.37. The van der Waals surface area contributed by atoms with Crippen LogP contribution in [0.25, 0.3) is 0 Å². The molecule has 1 fully saturated rings. The number of nitrogens with one attached hydrogen (secondary N) is 9. The zero-order valence-corrected chi connectivity index (χ0v) is 45.9. The van der Waals surface area contributed by atoms with E-state index in [9.17, 15) is 72.9 Å². The maximum absolute atomic E-state index is 14.2. The molecule has 0 radical (unpaired) electrons. The van der Waals surface area contributed by atoms with Crippen molar-refractivity contribution in [2.24, 2.45) is 28.7 Å². The summed E-state index contributed by atoms with van der Waals surface area (Å²) in [5, 5.41) is 52.1. The lowest BCUT2D eigenvalue weighted by atomic mass is 10.0. The van der Waals surface area contributed by atoms with Gasteiger partial charge in [0.25, 0.3) is 0 Å². The topological polar surface area (TPSA) is 504 Å². The molecule has 0 bridgehead atoms. The second-order valence-corrected chi connectivity index (χ2v) is 19.8. The quantitative estimate of drug-likeness (QED) is 0.0278. The van der Waals surface area contributed by atoms with Gasteiger partial charge in [0.1, 0.15) is 54.4 Å². The monoisotopic (exact) mass is 1150 g/mol. The van der Waals surface area contributed by atoms with Crippen LogP contribution in [0, 0.1) is 0 Å². The third-order valence-corrected chi connectivity index (χ3v) is 13.1. The van der Waals surface area contributed by atoms with Crippen molar-refractivity contribution in [3.63, 3.8) is 0 Å². The van der Waals surface area contributed by atoms with Gasteiger partial charge in [0.15, 0.2) is 0 Å². The van der Waals surface area contributed by atoms with Crippen LogP contribution in [-0.4, -0.2) is 173 Å². The SMILES string of the molecule is NCCCC[C@H](NC(=O)[C@H](CC(=O)O)NC(=O)[C@H](CCCCN)NC(=O)[C@H](CCCCN)NC(=O)[C@H](CC(=O)O)NC(=O)[C@H](CCCCN)NC(=O)[C@H](CCCCN)NC(=O)[C@@H]1CCC(=O)N1)C(=O)N[C@@H](Cc1ccccc1)C(=O)O. The van der Waals surface area contributed by atoms with Gasteiger partial charge in [-0.3, -0.25) is 52.7 Å². The van der Waals surface area contributed by atoms with Gasteiger partial charge in [0, 0.05) is 12.8 Å². The number of hydrogen-bond acceptors (Lipinski definition) is 17. The molecule has 29 nitrogen and oxygen atoms in total. The summed E-state index contributed by atoms with van der Waals surface area (Å²) in [6.45, 7) is 1.03. The number of carboxylic acids is 3. The molecule has 22 N–H and O–H groups in total. The van der Waals surface area contributed by atoms with Crippen LogP contribution < -0.4 is 76.5 Å². The molecule has 454 valence electrons. The number of benzene rings is 1. The van der Waals surface area contributed by atoms with E-state index in [1.807, 2.05) is 0 Å². The minimum absolute atomic E-state index is 0.0435. The van der Waals surface area contributed by atoms with Gasteiger partial charge in [-0.2, -0.15) is 0 Å². The molecule has 1 aliphatic heterocycles. The van der Waals surface area contributed by atoms with Gasteiger partial charge < -0.3 is 91.8 Å². The van der Waals surface area contributed by atoms with Crippen molar-refractivity contribution in [2.45, 2.75) is 183 Å². The van der Waals surface area contributed by atoms with E-state index >= 15 is 0 Å². The zero-order chi connectivity index (χ0) is 60.3. The van der Waals surface area contributed by atoms with Crippen molar-refractivity contribution in [3.05, 3.63) is 35.9 Å². The van der Waals surface area contributed by atoms with Crippen molar-refractivity contribution < 1.29 is 72.9 Å². The molecule has 0 aromatic heterocycles. The molecule has 0 spiro atoms. The van der Waals surface area contributed by atoms with Crippen LogP contribution in [0.5, 0.6) is 0 Å². The van der Waals surface area contributed by atoms with Crippen molar-refractivity contribution in [1.29, 1.82) is 0 Å². The van der Waals surface area contributed by atoms with Crippen LogP contribution in [0.3, 0.4) is 0 Å². The Kier molecular flexibility index (Phi) is 33.7. The van der Waals surface area contributed by atoms with Crippen molar-refractivity contribution in [2.75, 3.05) is 32.7 Å². The lowest BCUT2D eigenvalue weighted by Crippen LogP contribution is -2.60. The van der Waals surface area contributed by atoms with Gasteiger partial charge in [0.2, 0.25) is 53.2 Å². The molecule has 81 heavy (non-hydrogen) atoms. The van der Waals surface area contributed by atoms with Crippen molar-refractivity contribution >= 4 is 71.1 Å². The predicted molar refractivity (Wildman–Crippen MR) is 293 cm³/mol. The number of hydrogen-bond donors (Lipinski definition) is 17. The van der Waals surface area contributed by atoms with Gasteiger partial charge in [-0.1, -0.05) is 30.3 Å². The fourth-order valence-electron chi connectivity index (χ4n) is 8.61. The zero-order valence-electron chi connectivity index (χ0n) is 45.9. The van der Waals surface area contributed by atoms with Crippen LogP contribution in [0.15, 0.2) is 30.3 Å². The van der Waals surface area contributed by atoms with Crippen molar-refractivity contribution in [1.82, 2.24) is 47.9 Å². The summed E-state index contributed by atoms with van der Waals surface area (Å²) in [5.74, 6) is -12.4. The summed E-state index contributed by atoms with van der Waals surface area (Å²) in [6.07, 6.45) is 1.25. The minimum atomic E-state index is -1.86. The van der Waals surface area contributed by atoms with E-state index in [0.29, 0.717) is 44.1 Å². The van der Waals surface area contributed by atoms with Gasteiger partial charge in [-0.05, 0) is 141 Å². The molecule has 0 saturated carbocycles. The minimum Gasteiger partial charge on any atom is -0.481 e. The van der Waals surface area contributed by atoms with Gasteiger partial charge >= 0.3 is 17.9 Å². The summed E-state index contributed by atoms with van der Waals surface area (Å²) in [5.41, 5.74) is 29.1. The van der Waals surface area contributed by atoms with E-state index in [0.717, 1.165) is 0 Å². The standard InChI is InChI=1S/C52H86N14O15/c53-23-9-4-16-32(61-49(77)37-21-22-41(67)58-37)44(72)59-34(18-6-11-25-55)46(74)64-38(29-42(68)69)50(78)62-33(17-5-10-24-54)45(73)60-35(19-7-12-26-56)47(75)65-39(30-43(70)71)51(79)63-36(20-8-13-27-57)48(76)66-40(52(80)81)28-31-14-2-1-3-15-31/h1-3,14-15,32-40H,4-13,16-30,53-57H2,(H,58,67)(H,59,72)(H,60,73)(H,61,77)(H,62,78)(H,63,79)(H,64,74)(H,65,75)(H,66,76)(H,68,69)(H,70,71)(H,80,81)/t32-,33-,34-,35-,36-,37-,38-,39-,40-/m0/s1. The van der Waals surface area contributed by atoms with E-state index in [2.05, 4.69) is 47.9 Å². The first kappa shape index (κ1) is 69.8. The third-order valence-electron chi connectivity index (χ3n) is 13.1. The number of carboxylic acid groups (broad SMARTS) is 3. The molecule has 0 unspecified atom stereocenters. The number of rotatable bonds is 43. The number of carbonyl (C=O) groups is 12. The number of nitrogens with two attached hydrogens (primary N) is 5. The van der Waals surface area contributed by atoms with Crippen molar-refractivity contribution in [3.8, 4) is 0 Å². The summed E-state index contributed by atoms with van der Waals surface area (Å²) < 4.78 is 0. The first-order valence-corrected chi connectivity index (χ1v) is 27.6. The number of amides is 9. The fourth-order valence-corrected chi connectivity index (χ4v) is 8.61. The number of carbonyl (C=O) groups excluding carboxylic acids is 9. The highest BCUT2D eigenvalue weighted by molar-refractivity contribution is 5.99. The largest absolute Gasteiger partial charge is 0.481 e. The highest BCUT2D eigenvalue weighted by atomic mass is 16.4. The second-order valence-electron chi connectivity index (χ2n) is 19.8. The average molecular weight is 1150 g/mol. The predicted octanol–water partition coefficient (Wildman–Crippen LogP) is -3.93. The molecule has 0 aliphatic carbocycles. The smallest absolute Gasteiger partial charge is 0.326 e. The van der Waals surface area contributed by atoms with Crippen LogP contribution in [0.1, 0.15) is 128 Å². The van der Waals surface area contributed by atoms with E-state index in [-0.39, 0.29) is 116 Å². The summed E-state index contributed by atoms with van der Waals surface area (Å²) in [4.78, 5) is 159. The Balaban J connectivity index is 2.42. The molecular weight excluding hydrogens is 1060 g/mol. The Morgan fingerprint density at radius 1 is 0.432 bits per heavy atom. The van der Waals surface area contributed by atoms with Gasteiger partial charge in [-0.25, -0.2) is 4.79 Å². The summed E-state index contributed by atoms with van der Waals surface area (Å²) in [6, 6.07) is -4.65. The van der Waals surface area contributed by atoms with E-state index in [1.54, 1.807) is 30.3 Å². The van der Waals surface area contributed by atoms with E-state index in [1.165, 1.54) is 0 Å². The maximum atomic E-state index is 14.2. The molecular formula is C52H86N14O15. The van der Waals surface area contributed by atoms with Crippen LogP contribution in [0.2, 0.25) is 0 Å². The average Bonchev–Trinajstić information content (AvgIpc) is 3.88. The normalized spacial score (nSPS) is 15.8. The highest BCUT2D eigenvalue weighted by Crippen LogP contribution is 2.13. The molecule has 1 aromatic rings. The molecule has 1 aromatic carbocycles. The fraction of sp³-hybridized carbons (Fsp3) is 0.654. The first-order chi connectivity index (χ1) is 38.7. The molecule has 1 saturated heterocycles. The summed E-state index contributed by atoms with van der Waals surface area (Å²) in [7, 11) is 0. The van der Waals surface area contributed by atoms with Gasteiger partial charge in [-0.15, -0.1) is 0 Å². The number of unbranched alkanes of at least 4 members (excludes halogenated alkanes) is 5. The maximum Gasteiger partial charge on any atom is 0.326 e. The van der Waals surface area contributed by atoms with Gasteiger partial charge in [0.05, 0.1) is 12.8 Å². The molecule has 29 heteroatoms. The molecule has 9 amide bonds. The van der Waals surface area contributed by atoms with Crippen LogP contribution in [0.4, 0.5) is 0 Å². The van der Waals surface area contributed by atoms with E-state index < -0.39 is 132 Å². The van der Waals surface area contributed by atoms with Crippen LogP contribution in [-0.2, 0) is 64.0 Å². The molecule has 9 atom stereocenters. The lowest BCUT2D eigenvalue weighted by molar-refractivity contribution is -0.143. The Bertz CT molecular complexity index is 2230. The Morgan fingerprint density at radius 2 is 0.728 bits per heavy atom. The Hall–Kier alpha value is -7.34. The first-order valence-electron chi connectivity index (χ1n) is 27.6. The molecule has 2 rings (SSSR count). The second kappa shape index (κ2) is 39.1. The van der Waals surface area contributed by atoms with E-state index in [4.69, 9.17) is 28.7 Å². The molecule has 1 aliphatic rings. The van der Waals surface area contributed by atoms with Crippen LogP contribution >= 0.6 is 0 Å². The Labute approximate surface area is 470 Å². The third kappa shape index (κ3) is 27.6. The molecule has 1 heterocycles. The Morgan fingerprint density at radius 3 is 1.01 bits per heavy atom. The summed E-state index contributed by atoms with van der Waals surface area (Å²) >= 11 is 0. The lowest BCUT2D eigenvalue weighted by Gasteiger charge is -2.28. The number of aliphatic carboxylic acids is 3.